The summed E-state index contributed by atoms with van der Waals surface area (Å²) in [6.07, 6.45) is 0. The number of rotatable bonds is 6. The fourth-order valence-electron chi connectivity index (χ4n) is 4.71. The lowest BCUT2D eigenvalue weighted by Gasteiger charge is -2.45. The molecule has 0 saturated carbocycles. The number of aliphatic hydroxyl groups is 1. The van der Waals surface area contributed by atoms with Crippen molar-refractivity contribution in [3.63, 3.8) is 0 Å². The smallest absolute Gasteiger partial charge is 0.252 e. The summed E-state index contributed by atoms with van der Waals surface area (Å²) >= 11 is 1.22. The summed E-state index contributed by atoms with van der Waals surface area (Å²) in [5.74, 6) is 0.249. The third-order valence-corrected chi connectivity index (χ3v) is 11.7. The predicted molar refractivity (Wildman–Crippen MR) is 136 cm³/mol. The van der Waals surface area contributed by atoms with Crippen molar-refractivity contribution in [2.24, 2.45) is 0 Å². The molecular formula is C23H33N3O5S3. The molecule has 1 aromatic carbocycles. The molecule has 3 heterocycles. The third kappa shape index (κ3) is 5.50. The van der Waals surface area contributed by atoms with Crippen molar-refractivity contribution in [1.29, 1.82) is 0 Å². The highest BCUT2D eigenvalue weighted by molar-refractivity contribution is 7.91. The Hall–Kier alpha value is -1.50. The van der Waals surface area contributed by atoms with Gasteiger partial charge in [-0.3, -0.25) is 4.90 Å². The van der Waals surface area contributed by atoms with E-state index < -0.39 is 25.5 Å². The lowest BCUT2D eigenvalue weighted by atomic mass is 9.98. The molecule has 2 aromatic rings. The van der Waals surface area contributed by atoms with Gasteiger partial charge in [-0.1, -0.05) is 18.2 Å². The molecule has 0 spiro atoms. The van der Waals surface area contributed by atoms with Crippen LogP contribution in [0.3, 0.4) is 0 Å². The van der Waals surface area contributed by atoms with Gasteiger partial charge in [0.2, 0.25) is 0 Å². The number of hydrogen-bond donors (Lipinski definition) is 1. The van der Waals surface area contributed by atoms with Gasteiger partial charge >= 0.3 is 0 Å². The van der Waals surface area contributed by atoms with E-state index in [1.165, 1.54) is 11.3 Å². The van der Waals surface area contributed by atoms with Gasteiger partial charge in [0, 0.05) is 44.5 Å². The van der Waals surface area contributed by atoms with Gasteiger partial charge in [-0.05, 0) is 49.9 Å². The SMILES string of the molecule is C[C@H]1CS(=O)(=O)CCN1C[C@H]1CN(S(=O)(=O)c2cccs2)CCN1c1ccc(C(C)(C)O)cc1. The molecular weight excluding hydrogens is 494 g/mol. The Labute approximate surface area is 206 Å². The molecule has 4 rings (SSSR count). The third-order valence-electron chi connectivity index (χ3n) is 6.69. The Morgan fingerprint density at radius 3 is 2.41 bits per heavy atom. The van der Waals surface area contributed by atoms with Crippen LogP contribution in [0.15, 0.2) is 46.0 Å². The van der Waals surface area contributed by atoms with E-state index in [1.54, 1.807) is 35.7 Å². The van der Waals surface area contributed by atoms with Crippen molar-refractivity contribution in [2.75, 3.05) is 49.1 Å². The Kier molecular flexibility index (Phi) is 7.16. The van der Waals surface area contributed by atoms with Crippen LogP contribution in [0.25, 0.3) is 0 Å². The lowest BCUT2D eigenvalue weighted by molar-refractivity contribution is 0.0786. The maximum absolute atomic E-state index is 13.2. The van der Waals surface area contributed by atoms with Crippen LogP contribution in [-0.2, 0) is 25.5 Å². The van der Waals surface area contributed by atoms with Crippen LogP contribution in [0.4, 0.5) is 5.69 Å². The minimum Gasteiger partial charge on any atom is -0.386 e. The summed E-state index contributed by atoms with van der Waals surface area (Å²) < 4.78 is 52.5. The van der Waals surface area contributed by atoms with E-state index in [0.717, 1.165) is 11.3 Å². The molecule has 34 heavy (non-hydrogen) atoms. The summed E-state index contributed by atoms with van der Waals surface area (Å²) in [7, 11) is -6.62. The minimum atomic E-state index is -3.58. The molecule has 2 aliphatic heterocycles. The summed E-state index contributed by atoms with van der Waals surface area (Å²) in [4.78, 5) is 4.37. The summed E-state index contributed by atoms with van der Waals surface area (Å²) in [5, 5.41) is 12.1. The standard InChI is InChI=1S/C23H33N3O5S3/c1-18-17-33(28,29)14-12-24(18)15-21-16-25(34(30,31)22-5-4-13-32-22)10-11-26(21)20-8-6-19(7-9-20)23(2,3)27/h4-9,13,18,21,27H,10-12,14-17H2,1-3H3/t18-,21-/m0/s1. The van der Waals surface area contributed by atoms with E-state index in [-0.39, 0.29) is 23.6 Å². The van der Waals surface area contributed by atoms with Crippen molar-refractivity contribution in [3.8, 4) is 0 Å². The monoisotopic (exact) mass is 527 g/mol. The molecule has 1 N–H and O–H groups in total. The van der Waals surface area contributed by atoms with E-state index in [1.807, 2.05) is 31.2 Å². The molecule has 0 amide bonds. The maximum Gasteiger partial charge on any atom is 0.252 e. The average Bonchev–Trinajstić information content (AvgIpc) is 3.31. The molecule has 0 radical (unpaired) electrons. The summed E-state index contributed by atoms with van der Waals surface area (Å²) in [6.45, 7) is 7.64. The van der Waals surface area contributed by atoms with Crippen molar-refractivity contribution < 1.29 is 21.9 Å². The second-order valence-electron chi connectivity index (χ2n) is 9.71. The molecule has 11 heteroatoms. The molecule has 0 aliphatic carbocycles. The van der Waals surface area contributed by atoms with E-state index in [4.69, 9.17) is 0 Å². The maximum atomic E-state index is 13.2. The molecule has 2 fully saturated rings. The Bertz CT molecular complexity index is 1190. The Balaban J connectivity index is 1.60. The number of sulfonamides is 1. The molecule has 2 saturated heterocycles. The minimum absolute atomic E-state index is 0.122. The van der Waals surface area contributed by atoms with Crippen LogP contribution >= 0.6 is 11.3 Å². The van der Waals surface area contributed by atoms with Gasteiger partial charge < -0.3 is 10.0 Å². The van der Waals surface area contributed by atoms with E-state index in [0.29, 0.717) is 36.9 Å². The first-order valence-corrected chi connectivity index (χ1v) is 15.6. The van der Waals surface area contributed by atoms with Gasteiger partial charge in [0.1, 0.15) is 4.21 Å². The first-order valence-electron chi connectivity index (χ1n) is 11.4. The van der Waals surface area contributed by atoms with Gasteiger partial charge in [0.15, 0.2) is 9.84 Å². The molecule has 2 aliphatic rings. The highest BCUT2D eigenvalue weighted by atomic mass is 32.2. The van der Waals surface area contributed by atoms with Crippen LogP contribution < -0.4 is 4.90 Å². The number of benzene rings is 1. The zero-order chi connectivity index (χ0) is 24.7. The molecule has 2 atom stereocenters. The van der Waals surface area contributed by atoms with E-state index in [9.17, 15) is 21.9 Å². The first-order chi connectivity index (χ1) is 15.9. The predicted octanol–water partition coefficient (Wildman–Crippen LogP) is 1.97. The van der Waals surface area contributed by atoms with Crippen molar-refractivity contribution in [1.82, 2.24) is 9.21 Å². The van der Waals surface area contributed by atoms with Gasteiger partial charge in [-0.2, -0.15) is 4.31 Å². The molecule has 0 bridgehead atoms. The molecule has 1 aromatic heterocycles. The zero-order valence-electron chi connectivity index (χ0n) is 19.8. The normalized spacial score (nSPS) is 24.9. The number of nitrogens with zero attached hydrogens (tertiary/aromatic N) is 3. The van der Waals surface area contributed by atoms with Crippen LogP contribution in [0.5, 0.6) is 0 Å². The van der Waals surface area contributed by atoms with Crippen molar-refractivity contribution in [3.05, 3.63) is 47.3 Å². The Morgan fingerprint density at radius 2 is 1.82 bits per heavy atom. The Morgan fingerprint density at radius 1 is 1.12 bits per heavy atom. The zero-order valence-corrected chi connectivity index (χ0v) is 22.2. The fraction of sp³-hybridized carbons (Fsp3) is 0.565. The second-order valence-corrected chi connectivity index (χ2v) is 15.0. The van der Waals surface area contributed by atoms with Crippen LogP contribution in [0.2, 0.25) is 0 Å². The topological polar surface area (TPSA) is 98.2 Å². The average molecular weight is 528 g/mol. The summed E-state index contributed by atoms with van der Waals surface area (Å²) in [6, 6.07) is 10.8. The number of hydrogen-bond acceptors (Lipinski definition) is 8. The molecule has 0 unspecified atom stereocenters. The number of anilines is 1. The van der Waals surface area contributed by atoms with Crippen LogP contribution in [0, 0.1) is 0 Å². The van der Waals surface area contributed by atoms with Crippen LogP contribution in [-0.4, -0.2) is 87.5 Å². The van der Waals surface area contributed by atoms with E-state index in [2.05, 4.69) is 9.80 Å². The second kappa shape index (κ2) is 9.51. The highest BCUT2D eigenvalue weighted by Crippen LogP contribution is 2.29. The number of sulfone groups is 1. The lowest BCUT2D eigenvalue weighted by Crippen LogP contribution is -2.60. The van der Waals surface area contributed by atoms with Crippen molar-refractivity contribution in [2.45, 2.75) is 42.7 Å². The number of piperazine rings is 1. The van der Waals surface area contributed by atoms with Gasteiger partial charge in [-0.15, -0.1) is 11.3 Å². The van der Waals surface area contributed by atoms with Gasteiger partial charge in [-0.25, -0.2) is 16.8 Å². The fourth-order valence-corrected chi connectivity index (χ4v) is 8.95. The van der Waals surface area contributed by atoms with E-state index >= 15 is 0 Å². The largest absolute Gasteiger partial charge is 0.386 e. The molecule has 8 nitrogen and oxygen atoms in total. The quantitative estimate of drug-likeness (QED) is 0.613. The highest BCUT2D eigenvalue weighted by Gasteiger charge is 2.38. The summed E-state index contributed by atoms with van der Waals surface area (Å²) in [5.41, 5.74) is 0.824. The number of thiophene rings is 1. The van der Waals surface area contributed by atoms with Crippen molar-refractivity contribution >= 4 is 36.9 Å². The molecule has 188 valence electrons. The first kappa shape index (κ1) is 25.6. The van der Waals surface area contributed by atoms with Gasteiger partial charge in [0.25, 0.3) is 10.0 Å². The van der Waals surface area contributed by atoms with Crippen LogP contribution in [0.1, 0.15) is 26.3 Å². The van der Waals surface area contributed by atoms with Gasteiger partial charge in [0.05, 0.1) is 23.1 Å².